The molecule has 2 aromatic rings. The van der Waals surface area contributed by atoms with E-state index in [1.807, 2.05) is 30.5 Å². The van der Waals surface area contributed by atoms with Crippen LogP contribution in [0.25, 0.3) is 0 Å². The standard InChI is InChI=1S/C13H11BrN2OS/c1-18-10-5-2-4-9(8-10)16-13(17)11-6-3-7-15-12(11)14/h2-8H,1H3,(H,16,17). The second kappa shape index (κ2) is 6.02. The van der Waals surface area contributed by atoms with Gasteiger partial charge >= 0.3 is 0 Å². The minimum absolute atomic E-state index is 0.173. The number of carbonyl (C=O) groups is 1. The summed E-state index contributed by atoms with van der Waals surface area (Å²) < 4.78 is 0.545. The van der Waals surface area contributed by atoms with Gasteiger partial charge in [0.1, 0.15) is 4.60 Å². The SMILES string of the molecule is CSc1cccc(NC(=O)c2cccnc2Br)c1. The van der Waals surface area contributed by atoms with Crippen LogP contribution < -0.4 is 5.32 Å². The molecule has 0 saturated heterocycles. The van der Waals surface area contributed by atoms with Crippen molar-refractivity contribution in [1.29, 1.82) is 0 Å². The molecule has 2 rings (SSSR count). The fraction of sp³-hybridized carbons (Fsp3) is 0.0769. The van der Waals surface area contributed by atoms with E-state index >= 15 is 0 Å². The second-order valence-corrected chi connectivity index (χ2v) is 5.16. The van der Waals surface area contributed by atoms with E-state index in [1.54, 1.807) is 30.1 Å². The number of rotatable bonds is 3. The average Bonchev–Trinajstić information content (AvgIpc) is 2.39. The van der Waals surface area contributed by atoms with E-state index in [0.29, 0.717) is 10.2 Å². The highest BCUT2D eigenvalue weighted by Gasteiger charge is 2.10. The van der Waals surface area contributed by atoms with Gasteiger partial charge in [-0.3, -0.25) is 4.79 Å². The molecule has 0 fully saturated rings. The first-order valence-electron chi connectivity index (χ1n) is 5.26. The fourth-order valence-corrected chi connectivity index (χ4v) is 2.34. The van der Waals surface area contributed by atoms with Crippen LogP contribution in [0.15, 0.2) is 52.1 Å². The molecule has 5 heteroatoms. The number of nitrogens with zero attached hydrogens (tertiary/aromatic N) is 1. The lowest BCUT2D eigenvalue weighted by Gasteiger charge is -2.07. The molecule has 1 heterocycles. The normalized spacial score (nSPS) is 10.1. The molecule has 1 N–H and O–H groups in total. The van der Waals surface area contributed by atoms with Gasteiger partial charge in [0.2, 0.25) is 0 Å². The number of nitrogens with one attached hydrogen (secondary N) is 1. The van der Waals surface area contributed by atoms with Crippen LogP contribution in [0.4, 0.5) is 5.69 Å². The quantitative estimate of drug-likeness (QED) is 0.690. The van der Waals surface area contributed by atoms with E-state index in [-0.39, 0.29) is 5.91 Å². The lowest BCUT2D eigenvalue weighted by Crippen LogP contribution is -2.12. The Morgan fingerprint density at radius 2 is 2.17 bits per heavy atom. The third kappa shape index (κ3) is 3.11. The molecule has 0 aliphatic carbocycles. The molecule has 0 atom stereocenters. The smallest absolute Gasteiger partial charge is 0.258 e. The topological polar surface area (TPSA) is 42.0 Å². The molecule has 18 heavy (non-hydrogen) atoms. The molecule has 0 bridgehead atoms. The first-order valence-corrected chi connectivity index (χ1v) is 7.28. The Balaban J connectivity index is 2.19. The Morgan fingerprint density at radius 1 is 1.33 bits per heavy atom. The Labute approximate surface area is 118 Å². The zero-order valence-electron chi connectivity index (χ0n) is 9.68. The van der Waals surface area contributed by atoms with E-state index in [9.17, 15) is 4.79 Å². The van der Waals surface area contributed by atoms with Crippen molar-refractivity contribution in [2.75, 3.05) is 11.6 Å². The molecule has 0 aliphatic rings. The van der Waals surface area contributed by atoms with Crippen molar-refractivity contribution in [3.05, 3.63) is 52.8 Å². The Bertz CT molecular complexity index is 574. The molecular formula is C13H11BrN2OS. The summed E-state index contributed by atoms with van der Waals surface area (Å²) in [4.78, 5) is 17.2. The Hall–Kier alpha value is -1.33. The van der Waals surface area contributed by atoms with Gasteiger partial charge < -0.3 is 5.32 Å². The monoisotopic (exact) mass is 322 g/mol. The van der Waals surface area contributed by atoms with Crippen LogP contribution in [0.2, 0.25) is 0 Å². The highest BCUT2D eigenvalue weighted by Crippen LogP contribution is 2.20. The zero-order valence-corrected chi connectivity index (χ0v) is 12.1. The third-order valence-corrected chi connectivity index (χ3v) is 3.69. The minimum Gasteiger partial charge on any atom is -0.322 e. The van der Waals surface area contributed by atoms with Crippen LogP contribution in [0, 0.1) is 0 Å². The van der Waals surface area contributed by atoms with Gasteiger partial charge in [0.05, 0.1) is 5.56 Å². The van der Waals surface area contributed by atoms with Crippen molar-refractivity contribution in [2.24, 2.45) is 0 Å². The molecular weight excluding hydrogens is 312 g/mol. The number of hydrogen-bond acceptors (Lipinski definition) is 3. The van der Waals surface area contributed by atoms with Crippen molar-refractivity contribution in [3.63, 3.8) is 0 Å². The first kappa shape index (κ1) is 13.1. The first-order chi connectivity index (χ1) is 8.70. The Morgan fingerprint density at radius 3 is 2.89 bits per heavy atom. The molecule has 0 saturated carbocycles. The summed E-state index contributed by atoms with van der Waals surface area (Å²) in [5, 5.41) is 2.85. The molecule has 1 aromatic carbocycles. The number of hydrogen-bond donors (Lipinski definition) is 1. The number of pyridine rings is 1. The molecule has 1 amide bonds. The summed E-state index contributed by atoms with van der Waals surface area (Å²) in [5.41, 5.74) is 1.30. The molecule has 0 spiro atoms. The van der Waals surface area contributed by atoms with Crippen molar-refractivity contribution < 1.29 is 4.79 Å². The Kier molecular flexibility index (Phi) is 4.38. The summed E-state index contributed by atoms with van der Waals surface area (Å²) in [6, 6.07) is 11.2. The number of carbonyl (C=O) groups excluding carboxylic acids is 1. The van der Waals surface area contributed by atoms with Gasteiger partial charge in [0, 0.05) is 16.8 Å². The van der Waals surface area contributed by atoms with Gasteiger partial charge in [-0.15, -0.1) is 11.8 Å². The van der Waals surface area contributed by atoms with Gasteiger partial charge in [0.15, 0.2) is 0 Å². The highest BCUT2D eigenvalue weighted by atomic mass is 79.9. The van der Waals surface area contributed by atoms with Gasteiger partial charge in [-0.25, -0.2) is 4.98 Å². The van der Waals surface area contributed by atoms with Crippen molar-refractivity contribution in [1.82, 2.24) is 4.98 Å². The molecule has 92 valence electrons. The van der Waals surface area contributed by atoms with Gasteiger partial charge in [0.25, 0.3) is 5.91 Å². The van der Waals surface area contributed by atoms with Crippen LogP contribution in [0.3, 0.4) is 0 Å². The lowest BCUT2D eigenvalue weighted by molar-refractivity contribution is 0.102. The fourth-order valence-electron chi connectivity index (χ4n) is 1.45. The van der Waals surface area contributed by atoms with Crippen LogP contribution in [0.5, 0.6) is 0 Å². The van der Waals surface area contributed by atoms with Gasteiger partial charge in [-0.05, 0) is 52.5 Å². The number of anilines is 1. The predicted molar refractivity (Wildman–Crippen MR) is 78.1 cm³/mol. The van der Waals surface area contributed by atoms with E-state index in [0.717, 1.165) is 10.6 Å². The van der Waals surface area contributed by atoms with Gasteiger partial charge in [-0.2, -0.15) is 0 Å². The number of benzene rings is 1. The summed E-state index contributed by atoms with van der Waals surface area (Å²) >= 11 is 4.90. The summed E-state index contributed by atoms with van der Waals surface area (Å²) in [6.07, 6.45) is 3.63. The number of halogens is 1. The molecule has 0 radical (unpaired) electrons. The molecule has 0 unspecified atom stereocenters. The van der Waals surface area contributed by atoms with E-state index < -0.39 is 0 Å². The molecule has 1 aromatic heterocycles. The van der Waals surface area contributed by atoms with Crippen molar-refractivity contribution >= 4 is 39.3 Å². The van der Waals surface area contributed by atoms with E-state index in [1.165, 1.54) is 0 Å². The predicted octanol–water partition coefficient (Wildman–Crippen LogP) is 3.82. The van der Waals surface area contributed by atoms with Crippen molar-refractivity contribution in [3.8, 4) is 0 Å². The highest BCUT2D eigenvalue weighted by molar-refractivity contribution is 9.10. The van der Waals surface area contributed by atoms with Gasteiger partial charge in [-0.1, -0.05) is 6.07 Å². The zero-order chi connectivity index (χ0) is 13.0. The second-order valence-electron chi connectivity index (χ2n) is 3.53. The minimum atomic E-state index is -0.173. The van der Waals surface area contributed by atoms with Crippen LogP contribution in [0.1, 0.15) is 10.4 Å². The maximum absolute atomic E-state index is 12.0. The maximum atomic E-state index is 12.0. The van der Waals surface area contributed by atoms with Crippen LogP contribution in [-0.2, 0) is 0 Å². The number of thioether (sulfide) groups is 1. The van der Waals surface area contributed by atoms with Crippen molar-refractivity contribution in [2.45, 2.75) is 4.90 Å². The van der Waals surface area contributed by atoms with E-state index in [4.69, 9.17) is 0 Å². The number of amides is 1. The van der Waals surface area contributed by atoms with E-state index in [2.05, 4.69) is 26.2 Å². The largest absolute Gasteiger partial charge is 0.322 e. The summed E-state index contributed by atoms with van der Waals surface area (Å²) in [5.74, 6) is -0.173. The molecule has 3 nitrogen and oxygen atoms in total. The number of aromatic nitrogens is 1. The van der Waals surface area contributed by atoms with Crippen LogP contribution >= 0.6 is 27.7 Å². The van der Waals surface area contributed by atoms with Crippen LogP contribution in [-0.4, -0.2) is 17.1 Å². The maximum Gasteiger partial charge on any atom is 0.258 e. The lowest BCUT2D eigenvalue weighted by atomic mass is 10.2. The average molecular weight is 323 g/mol. The summed E-state index contributed by atoms with van der Waals surface area (Å²) in [6.45, 7) is 0. The summed E-state index contributed by atoms with van der Waals surface area (Å²) in [7, 11) is 0. The molecule has 0 aliphatic heterocycles. The third-order valence-electron chi connectivity index (χ3n) is 2.33.